The van der Waals surface area contributed by atoms with Crippen LogP contribution in [0.25, 0.3) is 16.8 Å². The Morgan fingerprint density at radius 3 is 2.53 bits per heavy atom. The lowest BCUT2D eigenvalue weighted by Gasteiger charge is -2.20. The Morgan fingerprint density at radius 2 is 1.84 bits per heavy atom. The number of nitrogens with two attached hydrogens (primary N) is 2. The van der Waals surface area contributed by atoms with Crippen LogP contribution in [0.4, 0.5) is 0 Å². The fraction of sp³-hybridized carbons (Fsp3) is 0.0667. The summed E-state index contributed by atoms with van der Waals surface area (Å²) in [4.78, 5) is 23.0. The summed E-state index contributed by atoms with van der Waals surface area (Å²) in [5.74, 6) is -1.34. The number of hydrogen-bond donors (Lipinski definition) is 2. The predicted molar refractivity (Wildman–Crippen MR) is 73.4 cm³/mol. The van der Waals surface area contributed by atoms with E-state index in [1.165, 1.54) is 0 Å². The van der Waals surface area contributed by atoms with Gasteiger partial charge in [-0.1, -0.05) is 36.4 Å². The summed E-state index contributed by atoms with van der Waals surface area (Å²) in [6, 6.07) is 9.21. The van der Waals surface area contributed by atoms with Gasteiger partial charge >= 0.3 is 0 Å². The average Bonchev–Trinajstić information content (AvgIpc) is 2.39. The minimum absolute atomic E-state index is 0.404. The maximum Gasteiger partial charge on any atom is 0.249 e. The van der Waals surface area contributed by atoms with E-state index in [-0.39, 0.29) is 0 Å². The fourth-order valence-corrected chi connectivity index (χ4v) is 2.63. The molecule has 4 nitrogen and oxygen atoms in total. The van der Waals surface area contributed by atoms with Crippen LogP contribution in [-0.4, -0.2) is 11.8 Å². The topological polar surface area (TPSA) is 86.2 Å². The Bertz CT molecular complexity index is 747. The zero-order valence-corrected chi connectivity index (χ0v) is 10.1. The number of amides is 2. The van der Waals surface area contributed by atoms with Crippen LogP contribution < -0.4 is 11.5 Å². The first-order valence-corrected chi connectivity index (χ1v) is 5.92. The number of benzene rings is 2. The third-order valence-corrected chi connectivity index (χ3v) is 3.48. The van der Waals surface area contributed by atoms with Crippen LogP contribution in [0.15, 0.2) is 36.4 Å². The molecule has 2 aromatic carbocycles. The number of rotatable bonds is 2. The van der Waals surface area contributed by atoms with E-state index in [1.54, 1.807) is 18.2 Å². The van der Waals surface area contributed by atoms with Gasteiger partial charge in [0.1, 0.15) is 0 Å². The number of primary amides is 2. The molecule has 94 valence electrons. The quantitative estimate of drug-likeness (QED) is 0.849. The monoisotopic (exact) mass is 252 g/mol. The van der Waals surface area contributed by atoms with Crippen LogP contribution in [0, 0.1) is 0 Å². The molecular weight excluding hydrogens is 240 g/mol. The summed E-state index contributed by atoms with van der Waals surface area (Å²) in [7, 11) is 0. The summed E-state index contributed by atoms with van der Waals surface area (Å²) < 4.78 is 0. The maximum atomic E-state index is 11.5. The number of carbonyl (C=O) groups is 2. The fourth-order valence-electron chi connectivity index (χ4n) is 2.63. The summed E-state index contributed by atoms with van der Waals surface area (Å²) in [5, 5.41) is 1.85. The Balaban J connectivity index is 2.42. The molecule has 0 spiro atoms. The lowest BCUT2D eigenvalue weighted by Crippen LogP contribution is -2.22. The molecule has 0 aromatic heterocycles. The van der Waals surface area contributed by atoms with E-state index in [0.717, 1.165) is 21.9 Å². The highest BCUT2D eigenvalue weighted by Crippen LogP contribution is 2.36. The second-order valence-corrected chi connectivity index (χ2v) is 4.58. The van der Waals surface area contributed by atoms with Gasteiger partial charge in [-0.3, -0.25) is 9.59 Å². The molecular formula is C15H12N2O2. The van der Waals surface area contributed by atoms with Crippen molar-refractivity contribution in [3.63, 3.8) is 0 Å². The van der Waals surface area contributed by atoms with Gasteiger partial charge in [0.25, 0.3) is 0 Å². The third kappa shape index (κ3) is 1.61. The van der Waals surface area contributed by atoms with Gasteiger partial charge in [-0.05, 0) is 28.0 Å². The summed E-state index contributed by atoms with van der Waals surface area (Å²) >= 11 is 0. The van der Waals surface area contributed by atoms with Crippen molar-refractivity contribution >= 4 is 28.7 Å². The van der Waals surface area contributed by atoms with Crippen molar-refractivity contribution in [3.05, 3.63) is 53.1 Å². The van der Waals surface area contributed by atoms with Crippen LogP contribution in [0.2, 0.25) is 0 Å². The molecule has 4 N–H and O–H groups in total. The van der Waals surface area contributed by atoms with E-state index < -0.39 is 17.7 Å². The zero-order chi connectivity index (χ0) is 13.6. The van der Waals surface area contributed by atoms with Gasteiger partial charge in [0.15, 0.2) is 0 Å². The largest absolute Gasteiger partial charge is 0.369 e. The summed E-state index contributed by atoms with van der Waals surface area (Å²) in [6.45, 7) is 0. The maximum absolute atomic E-state index is 11.5. The number of hydrogen-bond acceptors (Lipinski definition) is 2. The van der Waals surface area contributed by atoms with Crippen molar-refractivity contribution in [2.45, 2.75) is 5.92 Å². The first-order chi connectivity index (χ1) is 9.09. The lowest BCUT2D eigenvalue weighted by molar-refractivity contribution is -0.118. The van der Waals surface area contributed by atoms with Crippen LogP contribution in [0.1, 0.15) is 27.4 Å². The zero-order valence-electron chi connectivity index (χ0n) is 10.1. The molecule has 0 bridgehead atoms. The molecule has 2 aromatic rings. The minimum atomic E-state index is -0.478. The van der Waals surface area contributed by atoms with Crippen molar-refractivity contribution < 1.29 is 9.59 Å². The standard InChI is InChI=1S/C15H12N2O2/c16-14(18)11-5-4-8-2-1-3-9-12(15(17)19)7-6-10(11)13(8)9/h1-7,12H,(H2,16,18)(H2,17,19). The van der Waals surface area contributed by atoms with Crippen molar-refractivity contribution in [2.24, 2.45) is 11.5 Å². The number of carbonyl (C=O) groups excluding carboxylic acids is 2. The Morgan fingerprint density at radius 1 is 1.05 bits per heavy atom. The van der Waals surface area contributed by atoms with Gasteiger partial charge in [0, 0.05) is 5.56 Å². The predicted octanol–water partition coefficient (Wildman–Crippen LogP) is 1.53. The Kier molecular flexibility index (Phi) is 2.38. The molecule has 0 aliphatic heterocycles. The molecule has 3 rings (SSSR count). The highest BCUT2D eigenvalue weighted by molar-refractivity contribution is 6.08. The first kappa shape index (κ1) is 11.5. The van der Waals surface area contributed by atoms with Crippen LogP contribution in [-0.2, 0) is 4.79 Å². The van der Waals surface area contributed by atoms with Gasteiger partial charge in [-0.25, -0.2) is 0 Å². The molecule has 1 aliphatic carbocycles. The first-order valence-electron chi connectivity index (χ1n) is 5.92. The van der Waals surface area contributed by atoms with Gasteiger partial charge in [-0.2, -0.15) is 0 Å². The van der Waals surface area contributed by atoms with Crippen molar-refractivity contribution in [2.75, 3.05) is 0 Å². The van der Waals surface area contributed by atoms with Crippen molar-refractivity contribution in [3.8, 4) is 0 Å². The molecule has 4 heteroatoms. The van der Waals surface area contributed by atoms with E-state index in [9.17, 15) is 9.59 Å². The minimum Gasteiger partial charge on any atom is -0.369 e. The molecule has 19 heavy (non-hydrogen) atoms. The Hall–Kier alpha value is -2.62. The molecule has 0 fully saturated rings. The third-order valence-electron chi connectivity index (χ3n) is 3.48. The molecule has 2 amide bonds. The molecule has 0 saturated carbocycles. The molecule has 0 radical (unpaired) electrons. The van der Waals surface area contributed by atoms with E-state index in [4.69, 9.17) is 11.5 Å². The second kappa shape index (κ2) is 3.95. The SMILES string of the molecule is NC(=O)c1ccc2cccc3c2c1C=CC3C(N)=O. The molecule has 0 saturated heterocycles. The molecule has 1 unspecified atom stereocenters. The lowest BCUT2D eigenvalue weighted by atomic mass is 9.84. The molecule has 1 aliphatic rings. The summed E-state index contributed by atoms with van der Waals surface area (Å²) in [5.41, 5.74) is 12.8. The Labute approximate surface area is 109 Å². The second-order valence-electron chi connectivity index (χ2n) is 4.58. The highest BCUT2D eigenvalue weighted by atomic mass is 16.1. The summed E-state index contributed by atoms with van der Waals surface area (Å²) in [6.07, 6.45) is 3.47. The highest BCUT2D eigenvalue weighted by Gasteiger charge is 2.23. The van der Waals surface area contributed by atoms with Gasteiger partial charge < -0.3 is 11.5 Å². The van der Waals surface area contributed by atoms with Crippen LogP contribution in [0.5, 0.6) is 0 Å². The van der Waals surface area contributed by atoms with Gasteiger partial charge in [0.05, 0.1) is 5.92 Å². The van der Waals surface area contributed by atoms with E-state index in [0.29, 0.717) is 5.56 Å². The normalized spacial score (nSPS) is 16.5. The van der Waals surface area contributed by atoms with E-state index >= 15 is 0 Å². The van der Waals surface area contributed by atoms with Crippen LogP contribution >= 0.6 is 0 Å². The van der Waals surface area contributed by atoms with Crippen molar-refractivity contribution in [1.82, 2.24) is 0 Å². The molecule has 1 atom stereocenters. The van der Waals surface area contributed by atoms with E-state index in [2.05, 4.69) is 0 Å². The van der Waals surface area contributed by atoms with Gasteiger partial charge in [0.2, 0.25) is 11.8 Å². The van der Waals surface area contributed by atoms with Crippen molar-refractivity contribution in [1.29, 1.82) is 0 Å². The van der Waals surface area contributed by atoms with E-state index in [1.807, 2.05) is 24.3 Å². The van der Waals surface area contributed by atoms with Crippen LogP contribution in [0.3, 0.4) is 0 Å². The van der Waals surface area contributed by atoms with Gasteiger partial charge in [-0.15, -0.1) is 0 Å². The smallest absolute Gasteiger partial charge is 0.249 e. The average molecular weight is 252 g/mol. The molecule has 0 heterocycles.